The number of hydrogen-bond acceptors (Lipinski definition) is 7. The molecule has 2 aromatic rings. The van der Waals surface area contributed by atoms with Crippen LogP contribution in [0, 0.1) is 11.3 Å². The summed E-state index contributed by atoms with van der Waals surface area (Å²) in [6, 6.07) is 11.2. The number of nitrogens with one attached hydrogen (secondary N) is 1. The van der Waals surface area contributed by atoms with E-state index in [4.69, 9.17) is 35.8 Å². The first-order valence-electron chi connectivity index (χ1n) is 8.42. The van der Waals surface area contributed by atoms with E-state index in [1.54, 1.807) is 24.3 Å². The summed E-state index contributed by atoms with van der Waals surface area (Å²) in [5.74, 6) is -0.173. The van der Waals surface area contributed by atoms with Crippen molar-refractivity contribution in [1.29, 1.82) is 5.26 Å². The van der Waals surface area contributed by atoms with Gasteiger partial charge in [-0.15, -0.1) is 0 Å². The minimum atomic E-state index is -0.944. The maximum absolute atomic E-state index is 12.1. The Morgan fingerprint density at radius 1 is 1.14 bits per heavy atom. The number of nitriles is 1. The number of carbonyl (C=O) groups excluding carboxylic acids is 2. The van der Waals surface area contributed by atoms with Gasteiger partial charge >= 0.3 is 5.97 Å². The van der Waals surface area contributed by atoms with Gasteiger partial charge in [0.15, 0.2) is 12.7 Å². The number of rotatable bonds is 8. The number of esters is 1. The summed E-state index contributed by atoms with van der Waals surface area (Å²) in [5.41, 5.74) is 0.777. The van der Waals surface area contributed by atoms with Gasteiger partial charge in [0.1, 0.15) is 17.2 Å². The molecule has 1 amide bonds. The van der Waals surface area contributed by atoms with E-state index in [2.05, 4.69) is 5.32 Å². The van der Waals surface area contributed by atoms with Gasteiger partial charge in [-0.05, 0) is 37.3 Å². The molecule has 0 aromatic heterocycles. The van der Waals surface area contributed by atoms with Crippen LogP contribution in [0.2, 0.25) is 5.02 Å². The average Bonchev–Trinajstić information content (AvgIpc) is 2.72. The van der Waals surface area contributed by atoms with Gasteiger partial charge in [0, 0.05) is 6.07 Å². The summed E-state index contributed by atoms with van der Waals surface area (Å²) in [4.78, 5) is 24.2. The minimum Gasteiger partial charge on any atom is -0.495 e. The first-order chi connectivity index (χ1) is 13.9. The van der Waals surface area contributed by atoms with E-state index in [0.29, 0.717) is 28.5 Å². The van der Waals surface area contributed by atoms with Crippen LogP contribution < -0.4 is 19.5 Å². The van der Waals surface area contributed by atoms with Crippen molar-refractivity contribution >= 4 is 29.2 Å². The molecular weight excluding hydrogens is 400 g/mol. The molecule has 1 unspecified atom stereocenters. The molecule has 1 atom stereocenters. The molecule has 0 heterocycles. The summed E-state index contributed by atoms with van der Waals surface area (Å²) < 4.78 is 20.7. The Kier molecular flexibility index (Phi) is 7.69. The first-order valence-corrected chi connectivity index (χ1v) is 8.80. The second-order valence-corrected chi connectivity index (χ2v) is 6.15. The zero-order valence-electron chi connectivity index (χ0n) is 16.0. The van der Waals surface area contributed by atoms with Crippen LogP contribution in [-0.4, -0.2) is 38.8 Å². The number of methoxy groups -OCH3 is 2. The molecule has 0 saturated heterocycles. The Bertz CT molecular complexity index is 924. The topological polar surface area (TPSA) is 107 Å². The molecule has 0 bridgehead atoms. The third-order valence-electron chi connectivity index (χ3n) is 3.72. The van der Waals surface area contributed by atoms with Crippen LogP contribution >= 0.6 is 11.6 Å². The fraction of sp³-hybridized carbons (Fsp3) is 0.250. The van der Waals surface area contributed by atoms with Crippen molar-refractivity contribution in [3.8, 4) is 23.3 Å². The van der Waals surface area contributed by atoms with E-state index in [9.17, 15) is 9.59 Å². The van der Waals surface area contributed by atoms with E-state index in [-0.39, 0.29) is 5.02 Å². The maximum Gasteiger partial charge on any atom is 0.347 e. The lowest BCUT2D eigenvalue weighted by atomic mass is 10.2. The molecular formula is C20H19ClN2O6. The van der Waals surface area contributed by atoms with Crippen molar-refractivity contribution in [3.63, 3.8) is 0 Å². The first kappa shape index (κ1) is 21.9. The Morgan fingerprint density at radius 3 is 2.38 bits per heavy atom. The number of halogens is 1. The van der Waals surface area contributed by atoms with Crippen LogP contribution in [-0.2, 0) is 14.3 Å². The largest absolute Gasteiger partial charge is 0.495 e. The molecule has 1 N–H and O–H groups in total. The fourth-order valence-electron chi connectivity index (χ4n) is 2.26. The quantitative estimate of drug-likeness (QED) is 0.656. The molecule has 8 nitrogen and oxygen atoms in total. The van der Waals surface area contributed by atoms with Gasteiger partial charge in [-0.2, -0.15) is 5.26 Å². The van der Waals surface area contributed by atoms with Crippen LogP contribution in [0.3, 0.4) is 0 Å². The number of amides is 1. The average molecular weight is 419 g/mol. The van der Waals surface area contributed by atoms with Crippen molar-refractivity contribution < 1.29 is 28.5 Å². The highest BCUT2D eigenvalue weighted by atomic mass is 35.5. The third kappa shape index (κ3) is 6.02. The predicted octanol–water partition coefficient (Wildman–Crippen LogP) is 3.18. The highest BCUT2D eigenvalue weighted by Gasteiger charge is 2.19. The molecule has 0 radical (unpaired) electrons. The van der Waals surface area contributed by atoms with Crippen LogP contribution in [0.25, 0.3) is 0 Å². The zero-order chi connectivity index (χ0) is 21.4. The van der Waals surface area contributed by atoms with Crippen LogP contribution in [0.15, 0.2) is 36.4 Å². The summed E-state index contributed by atoms with van der Waals surface area (Å²) >= 11 is 6.06. The Hall–Kier alpha value is -3.44. The van der Waals surface area contributed by atoms with E-state index < -0.39 is 24.6 Å². The van der Waals surface area contributed by atoms with Crippen molar-refractivity contribution in [2.45, 2.75) is 13.0 Å². The molecule has 29 heavy (non-hydrogen) atoms. The molecule has 0 fully saturated rings. The lowest BCUT2D eigenvalue weighted by Gasteiger charge is -2.15. The van der Waals surface area contributed by atoms with Crippen LogP contribution in [0.1, 0.15) is 12.5 Å². The van der Waals surface area contributed by atoms with Crippen molar-refractivity contribution in [2.24, 2.45) is 0 Å². The molecule has 0 spiro atoms. The smallest absolute Gasteiger partial charge is 0.347 e. The molecule has 0 aliphatic rings. The highest BCUT2D eigenvalue weighted by molar-refractivity contribution is 6.32. The lowest BCUT2D eigenvalue weighted by molar-refractivity contribution is -0.153. The van der Waals surface area contributed by atoms with Gasteiger partial charge < -0.3 is 24.3 Å². The lowest BCUT2D eigenvalue weighted by Crippen LogP contribution is -2.29. The molecule has 2 aromatic carbocycles. The molecule has 9 heteroatoms. The predicted molar refractivity (Wildman–Crippen MR) is 105 cm³/mol. The number of hydrogen-bond donors (Lipinski definition) is 1. The third-order valence-corrected chi connectivity index (χ3v) is 4.02. The maximum atomic E-state index is 12.1. The Labute approximate surface area is 172 Å². The Morgan fingerprint density at radius 2 is 1.79 bits per heavy atom. The molecule has 152 valence electrons. The SMILES string of the molecule is COc1cc(OC)c(NC(=O)COC(=O)C(C)Oc2ccc(C#N)cc2)cc1Cl. The van der Waals surface area contributed by atoms with Crippen molar-refractivity contribution in [2.75, 3.05) is 26.1 Å². The summed E-state index contributed by atoms with van der Waals surface area (Å²) in [6.45, 7) is 0.970. The minimum absolute atomic E-state index is 0.282. The summed E-state index contributed by atoms with van der Waals surface area (Å²) in [7, 11) is 2.89. The van der Waals surface area contributed by atoms with Crippen LogP contribution in [0.4, 0.5) is 5.69 Å². The number of anilines is 1. The van der Waals surface area contributed by atoms with E-state index in [1.807, 2.05) is 6.07 Å². The van der Waals surface area contributed by atoms with Gasteiger partial charge in [0.05, 0.1) is 36.6 Å². The molecule has 0 aliphatic carbocycles. The van der Waals surface area contributed by atoms with E-state index >= 15 is 0 Å². The van der Waals surface area contributed by atoms with Crippen LogP contribution in [0.5, 0.6) is 17.2 Å². The second kappa shape index (κ2) is 10.2. The number of nitrogens with zero attached hydrogens (tertiary/aromatic N) is 1. The van der Waals surface area contributed by atoms with E-state index in [0.717, 1.165) is 0 Å². The standard InChI is InChI=1S/C20H19ClN2O6/c1-12(29-14-6-4-13(10-22)5-7-14)20(25)28-11-19(24)23-16-8-15(21)17(26-2)9-18(16)27-3/h4-9,12H,11H2,1-3H3,(H,23,24). The normalized spacial score (nSPS) is 11.0. The van der Waals surface area contributed by atoms with Gasteiger partial charge in [-0.1, -0.05) is 11.6 Å². The molecule has 0 saturated carbocycles. The molecule has 0 aliphatic heterocycles. The van der Waals surface area contributed by atoms with Gasteiger partial charge in [-0.3, -0.25) is 4.79 Å². The number of benzene rings is 2. The Balaban J connectivity index is 1.90. The van der Waals surface area contributed by atoms with Gasteiger partial charge in [0.2, 0.25) is 0 Å². The monoisotopic (exact) mass is 418 g/mol. The number of ether oxygens (including phenoxy) is 4. The fourth-order valence-corrected chi connectivity index (χ4v) is 2.50. The van der Waals surface area contributed by atoms with Gasteiger partial charge in [-0.25, -0.2) is 4.79 Å². The summed E-state index contributed by atoms with van der Waals surface area (Å²) in [5, 5.41) is 11.6. The summed E-state index contributed by atoms with van der Waals surface area (Å²) in [6.07, 6.45) is -0.944. The highest BCUT2D eigenvalue weighted by Crippen LogP contribution is 2.35. The molecule has 2 rings (SSSR count). The van der Waals surface area contributed by atoms with Gasteiger partial charge in [0.25, 0.3) is 5.91 Å². The van der Waals surface area contributed by atoms with E-state index in [1.165, 1.54) is 33.3 Å². The number of carbonyl (C=O) groups is 2. The van der Waals surface area contributed by atoms with Crippen molar-refractivity contribution in [1.82, 2.24) is 0 Å². The van der Waals surface area contributed by atoms with Crippen molar-refractivity contribution in [3.05, 3.63) is 47.0 Å². The zero-order valence-corrected chi connectivity index (χ0v) is 16.8. The second-order valence-electron chi connectivity index (χ2n) is 5.74.